The van der Waals surface area contributed by atoms with Crippen LogP contribution >= 0.6 is 0 Å². The summed E-state index contributed by atoms with van der Waals surface area (Å²) >= 11 is 0. The fourth-order valence-electron chi connectivity index (χ4n) is 3.40. The molecule has 0 aliphatic carbocycles. The second-order valence-electron chi connectivity index (χ2n) is 7.01. The van der Waals surface area contributed by atoms with Gasteiger partial charge in [-0.3, -0.25) is 9.89 Å². The van der Waals surface area contributed by atoms with Crippen LogP contribution in [0.25, 0.3) is 0 Å². The Kier molecular flexibility index (Phi) is 8.35. The molecule has 30 heavy (non-hydrogen) atoms. The minimum atomic E-state index is 0.593. The lowest BCUT2D eigenvalue weighted by Crippen LogP contribution is -2.36. The van der Waals surface area contributed by atoms with Crippen LogP contribution in [-0.4, -0.2) is 57.9 Å². The SMILES string of the molecule is CCOc1ccc(NC(=NC)NCc2ccccc2CN2CCOCC2)cc1OC. The average Bonchev–Trinajstić information content (AvgIpc) is 2.79. The van der Waals surface area contributed by atoms with Gasteiger partial charge in [0.25, 0.3) is 0 Å². The van der Waals surface area contributed by atoms with E-state index in [1.54, 1.807) is 14.2 Å². The monoisotopic (exact) mass is 412 g/mol. The quantitative estimate of drug-likeness (QED) is 0.513. The number of morpholine rings is 1. The molecule has 0 aromatic heterocycles. The minimum Gasteiger partial charge on any atom is -0.493 e. The van der Waals surface area contributed by atoms with Crippen molar-refractivity contribution in [1.29, 1.82) is 0 Å². The van der Waals surface area contributed by atoms with Gasteiger partial charge in [0.05, 0.1) is 26.9 Å². The van der Waals surface area contributed by atoms with Crippen LogP contribution in [0.15, 0.2) is 47.5 Å². The Hall–Kier alpha value is -2.77. The van der Waals surface area contributed by atoms with Gasteiger partial charge in [0.15, 0.2) is 17.5 Å². The zero-order valence-corrected chi connectivity index (χ0v) is 18.1. The van der Waals surface area contributed by atoms with Crippen molar-refractivity contribution in [3.63, 3.8) is 0 Å². The molecule has 162 valence electrons. The van der Waals surface area contributed by atoms with Gasteiger partial charge in [0.2, 0.25) is 0 Å². The Labute approximate surface area is 179 Å². The van der Waals surface area contributed by atoms with E-state index in [0.717, 1.165) is 44.3 Å². The van der Waals surface area contributed by atoms with Crippen molar-refractivity contribution >= 4 is 11.6 Å². The number of hydrogen-bond donors (Lipinski definition) is 2. The summed E-state index contributed by atoms with van der Waals surface area (Å²) in [5, 5.41) is 6.73. The summed E-state index contributed by atoms with van der Waals surface area (Å²) in [7, 11) is 3.40. The summed E-state index contributed by atoms with van der Waals surface area (Å²) in [6.45, 7) is 7.74. The maximum Gasteiger partial charge on any atom is 0.195 e. The standard InChI is InChI=1S/C23H32N4O3/c1-4-30-21-10-9-20(15-22(21)28-3)26-23(24-2)25-16-18-7-5-6-8-19(18)17-27-11-13-29-14-12-27/h5-10,15H,4,11-14,16-17H2,1-3H3,(H2,24,25,26). The number of hydrogen-bond acceptors (Lipinski definition) is 5. The molecule has 0 amide bonds. The molecular weight excluding hydrogens is 380 g/mol. The van der Waals surface area contributed by atoms with E-state index in [1.165, 1.54) is 11.1 Å². The lowest BCUT2D eigenvalue weighted by molar-refractivity contribution is 0.0341. The first-order valence-corrected chi connectivity index (χ1v) is 10.4. The largest absolute Gasteiger partial charge is 0.493 e. The molecule has 1 fully saturated rings. The Morgan fingerprint density at radius 3 is 2.57 bits per heavy atom. The number of anilines is 1. The van der Waals surface area contributed by atoms with Gasteiger partial charge in [-0.05, 0) is 30.2 Å². The molecule has 0 unspecified atom stereocenters. The van der Waals surface area contributed by atoms with E-state index in [-0.39, 0.29) is 0 Å². The third-order valence-electron chi connectivity index (χ3n) is 5.01. The fourth-order valence-corrected chi connectivity index (χ4v) is 3.40. The summed E-state index contributed by atoms with van der Waals surface area (Å²) in [6.07, 6.45) is 0. The van der Waals surface area contributed by atoms with E-state index >= 15 is 0 Å². The van der Waals surface area contributed by atoms with Crippen LogP contribution in [0.4, 0.5) is 5.69 Å². The molecule has 3 rings (SSSR count). The van der Waals surface area contributed by atoms with Crippen LogP contribution in [0.2, 0.25) is 0 Å². The van der Waals surface area contributed by atoms with E-state index in [2.05, 4.69) is 44.8 Å². The summed E-state index contributed by atoms with van der Waals surface area (Å²) in [5.74, 6) is 2.11. The number of guanidine groups is 1. The molecule has 1 aliphatic heterocycles. The van der Waals surface area contributed by atoms with Crippen LogP contribution in [0, 0.1) is 0 Å². The number of benzene rings is 2. The van der Waals surface area contributed by atoms with Crippen LogP contribution in [0.5, 0.6) is 11.5 Å². The van der Waals surface area contributed by atoms with E-state index in [9.17, 15) is 0 Å². The van der Waals surface area contributed by atoms with Gasteiger partial charge < -0.3 is 24.8 Å². The third kappa shape index (κ3) is 6.11. The number of nitrogens with one attached hydrogen (secondary N) is 2. The van der Waals surface area contributed by atoms with Crippen molar-refractivity contribution < 1.29 is 14.2 Å². The molecule has 7 nitrogen and oxygen atoms in total. The normalized spacial score (nSPS) is 15.0. The number of ether oxygens (including phenoxy) is 3. The summed E-state index contributed by atoms with van der Waals surface area (Å²) < 4.78 is 16.5. The van der Waals surface area contributed by atoms with Gasteiger partial charge in [0, 0.05) is 45.0 Å². The van der Waals surface area contributed by atoms with E-state index in [0.29, 0.717) is 24.9 Å². The minimum absolute atomic E-state index is 0.593. The molecule has 1 aliphatic rings. The van der Waals surface area contributed by atoms with Crippen molar-refractivity contribution in [2.24, 2.45) is 4.99 Å². The van der Waals surface area contributed by atoms with Crippen molar-refractivity contribution in [2.45, 2.75) is 20.0 Å². The van der Waals surface area contributed by atoms with Crippen LogP contribution in [-0.2, 0) is 17.8 Å². The van der Waals surface area contributed by atoms with Crippen LogP contribution < -0.4 is 20.1 Å². The molecular formula is C23H32N4O3. The van der Waals surface area contributed by atoms with Crippen LogP contribution in [0.1, 0.15) is 18.1 Å². The summed E-state index contributed by atoms with van der Waals surface area (Å²) in [6, 6.07) is 14.3. The molecule has 2 aromatic carbocycles. The molecule has 7 heteroatoms. The summed E-state index contributed by atoms with van der Waals surface area (Å²) in [5.41, 5.74) is 3.46. The molecule has 1 saturated heterocycles. The highest BCUT2D eigenvalue weighted by molar-refractivity contribution is 5.93. The van der Waals surface area contributed by atoms with Gasteiger partial charge in [0.1, 0.15) is 0 Å². The van der Waals surface area contributed by atoms with Crippen molar-refractivity contribution in [3.8, 4) is 11.5 Å². The topological polar surface area (TPSA) is 67.4 Å². The lowest BCUT2D eigenvalue weighted by atomic mass is 10.1. The molecule has 2 aromatic rings. The predicted molar refractivity (Wildman–Crippen MR) is 121 cm³/mol. The van der Waals surface area contributed by atoms with Gasteiger partial charge in [-0.1, -0.05) is 24.3 Å². The maximum atomic E-state index is 5.58. The highest BCUT2D eigenvalue weighted by atomic mass is 16.5. The third-order valence-corrected chi connectivity index (χ3v) is 5.01. The Bertz CT molecular complexity index is 835. The second-order valence-corrected chi connectivity index (χ2v) is 7.01. The number of methoxy groups -OCH3 is 1. The van der Waals surface area contributed by atoms with Gasteiger partial charge in [-0.15, -0.1) is 0 Å². The number of aliphatic imine (C=N–C) groups is 1. The average molecular weight is 413 g/mol. The highest BCUT2D eigenvalue weighted by Gasteiger charge is 2.13. The first-order chi connectivity index (χ1) is 14.7. The molecule has 0 bridgehead atoms. The zero-order chi connectivity index (χ0) is 21.2. The second kappa shape index (κ2) is 11.4. The van der Waals surface area contributed by atoms with Gasteiger partial charge in [-0.2, -0.15) is 0 Å². The number of nitrogens with zero attached hydrogens (tertiary/aromatic N) is 2. The van der Waals surface area contributed by atoms with E-state index in [1.807, 2.05) is 25.1 Å². The molecule has 2 N–H and O–H groups in total. The summed E-state index contributed by atoms with van der Waals surface area (Å²) in [4.78, 5) is 6.79. The Morgan fingerprint density at radius 1 is 1.10 bits per heavy atom. The first kappa shape index (κ1) is 21.9. The lowest BCUT2D eigenvalue weighted by Gasteiger charge is -2.27. The van der Waals surface area contributed by atoms with E-state index < -0.39 is 0 Å². The highest BCUT2D eigenvalue weighted by Crippen LogP contribution is 2.30. The van der Waals surface area contributed by atoms with E-state index in [4.69, 9.17) is 14.2 Å². The molecule has 1 heterocycles. The smallest absolute Gasteiger partial charge is 0.195 e. The van der Waals surface area contributed by atoms with Gasteiger partial charge in [-0.25, -0.2) is 0 Å². The maximum absolute atomic E-state index is 5.58. The van der Waals surface area contributed by atoms with Crippen molar-refractivity contribution in [3.05, 3.63) is 53.6 Å². The molecule has 0 radical (unpaired) electrons. The molecule has 0 saturated carbocycles. The van der Waals surface area contributed by atoms with Gasteiger partial charge >= 0.3 is 0 Å². The van der Waals surface area contributed by atoms with Crippen molar-refractivity contribution in [1.82, 2.24) is 10.2 Å². The first-order valence-electron chi connectivity index (χ1n) is 10.4. The van der Waals surface area contributed by atoms with Crippen LogP contribution in [0.3, 0.4) is 0 Å². The zero-order valence-electron chi connectivity index (χ0n) is 18.1. The number of rotatable bonds is 8. The Balaban J connectivity index is 1.62. The molecule has 0 spiro atoms. The molecule has 0 atom stereocenters. The predicted octanol–water partition coefficient (Wildman–Crippen LogP) is 3.11. The fraction of sp³-hybridized carbons (Fsp3) is 0.435. The Morgan fingerprint density at radius 2 is 1.87 bits per heavy atom. The van der Waals surface area contributed by atoms with Crippen molar-refractivity contribution in [2.75, 3.05) is 52.4 Å².